The van der Waals surface area contributed by atoms with Gasteiger partial charge in [0.15, 0.2) is 0 Å². The first-order valence-electron chi connectivity index (χ1n) is 9.32. The number of nitrogens with one attached hydrogen (secondary N) is 2. The van der Waals surface area contributed by atoms with Gasteiger partial charge >= 0.3 is 0 Å². The summed E-state index contributed by atoms with van der Waals surface area (Å²) in [6, 6.07) is 9.78. The average Bonchev–Trinajstić information content (AvgIpc) is 2.64. The lowest BCUT2D eigenvalue weighted by molar-refractivity contribution is -0.129. The molecule has 0 aromatic heterocycles. The molecule has 6 nitrogen and oxygen atoms in total. The molecule has 26 heavy (non-hydrogen) atoms. The fourth-order valence-corrected chi connectivity index (χ4v) is 2.92. The fourth-order valence-electron chi connectivity index (χ4n) is 2.92. The normalized spacial score (nSPS) is 17.2. The van der Waals surface area contributed by atoms with Gasteiger partial charge in [-0.2, -0.15) is 0 Å². The van der Waals surface area contributed by atoms with E-state index in [0.717, 1.165) is 32.7 Å². The van der Waals surface area contributed by atoms with Crippen molar-refractivity contribution in [2.75, 3.05) is 45.8 Å². The van der Waals surface area contributed by atoms with Gasteiger partial charge in [0.25, 0.3) is 0 Å². The lowest BCUT2D eigenvalue weighted by Crippen LogP contribution is -2.52. The topological polar surface area (TPSA) is 64.7 Å². The van der Waals surface area contributed by atoms with Crippen molar-refractivity contribution < 1.29 is 9.59 Å². The van der Waals surface area contributed by atoms with E-state index in [4.69, 9.17) is 0 Å². The number of piperazine rings is 1. The molecule has 0 bridgehead atoms. The molecule has 2 amide bonds. The molecule has 0 aliphatic carbocycles. The van der Waals surface area contributed by atoms with E-state index >= 15 is 0 Å². The smallest absolute Gasteiger partial charge is 0.242 e. The van der Waals surface area contributed by atoms with Crippen LogP contribution >= 0.6 is 0 Å². The molecular formula is C20H30N4O2. The van der Waals surface area contributed by atoms with Gasteiger partial charge < -0.3 is 10.6 Å². The summed E-state index contributed by atoms with van der Waals surface area (Å²) in [4.78, 5) is 28.3. The van der Waals surface area contributed by atoms with E-state index < -0.39 is 6.04 Å². The first kappa shape index (κ1) is 20.1. The Morgan fingerprint density at radius 3 is 2.42 bits per heavy atom. The number of hydrogen-bond donors (Lipinski definition) is 2. The maximum absolute atomic E-state index is 12.1. The van der Waals surface area contributed by atoms with Gasteiger partial charge in [0, 0.05) is 39.3 Å². The van der Waals surface area contributed by atoms with Gasteiger partial charge in [-0.25, -0.2) is 0 Å². The van der Waals surface area contributed by atoms with Crippen LogP contribution in [0.4, 0.5) is 0 Å². The first-order valence-corrected chi connectivity index (χ1v) is 9.32. The summed E-state index contributed by atoms with van der Waals surface area (Å²) in [5, 5.41) is 5.47. The van der Waals surface area contributed by atoms with Crippen LogP contribution in [0, 0.1) is 0 Å². The highest BCUT2D eigenvalue weighted by molar-refractivity contribution is 5.87. The maximum atomic E-state index is 12.1. The van der Waals surface area contributed by atoms with E-state index in [0.29, 0.717) is 13.1 Å². The van der Waals surface area contributed by atoms with Crippen molar-refractivity contribution in [3.63, 3.8) is 0 Å². The predicted octanol–water partition coefficient (Wildman–Crippen LogP) is 0.958. The third-order valence-electron chi connectivity index (χ3n) is 4.43. The van der Waals surface area contributed by atoms with E-state index in [1.165, 1.54) is 5.56 Å². The fraction of sp³-hybridized carbons (Fsp3) is 0.500. The van der Waals surface area contributed by atoms with Gasteiger partial charge in [-0.1, -0.05) is 42.5 Å². The Labute approximate surface area is 156 Å². The molecular weight excluding hydrogens is 328 g/mol. The Balaban J connectivity index is 1.65. The van der Waals surface area contributed by atoms with Crippen molar-refractivity contribution in [1.29, 1.82) is 0 Å². The van der Waals surface area contributed by atoms with E-state index in [1.54, 1.807) is 6.92 Å². The largest absolute Gasteiger partial charge is 0.355 e. The lowest BCUT2D eigenvalue weighted by Gasteiger charge is -2.33. The van der Waals surface area contributed by atoms with E-state index in [-0.39, 0.29) is 11.8 Å². The summed E-state index contributed by atoms with van der Waals surface area (Å²) < 4.78 is 0. The number of rotatable bonds is 8. The quantitative estimate of drug-likeness (QED) is 0.727. The van der Waals surface area contributed by atoms with Crippen LogP contribution in [0.2, 0.25) is 0 Å². The summed E-state index contributed by atoms with van der Waals surface area (Å²) in [5.41, 5.74) is 1.21. The van der Waals surface area contributed by atoms with Crippen LogP contribution in [0.25, 0.3) is 6.08 Å². The van der Waals surface area contributed by atoms with Crippen LogP contribution < -0.4 is 10.6 Å². The third kappa shape index (κ3) is 6.98. The molecule has 0 radical (unpaired) electrons. The molecule has 2 N–H and O–H groups in total. The number of hydrogen-bond acceptors (Lipinski definition) is 4. The van der Waals surface area contributed by atoms with E-state index in [2.05, 4.69) is 44.7 Å². The molecule has 1 atom stereocenters. The minimum Gasteiger partial charge on any atom is -0.355 e. The molecule has 1 heterocycles. The Kier molecular flexibility index (Phi) is 8.31. The summed E-state index contributed by atoms with van der Waals surface area (Å²) in [6.45, 7) is 9.02. The number of carbonyl (C=O) groups excluding carboxylic acids is 2. The van der Waals surface area contributed by atoms with Crippen LogP contribution in [0.15, 0.2) is 36.4 Å². The van der Waals surface area contributed by atoms with Gasteiger partial charge in [-0.15, -0.1) is 0 Å². The van der Waals surface area contributed by atoms with E-state index in [1.807, 2.05) is 25.1 Å². The highest BCUT2D eigenvalue weighted by Gasteiger charge is 2.20. The SMILES string of the molecule is CCNC(=O)[C@H](C)NC(=O)CN1CCN(C/C=C/c2ccccc2)CC1. The molecule has 1 aliphatic rings. The average molecular weight is 358 g/mol. The zero-order chi connectivity index (χ0) is 18.8. The molecule has 0 spiro atoms. The molecule has 0 unspecified atom stereocenters. The molecule has 1 fully saturated rings. The Morgan fingerprint density at radius 2 is 1.77 bits per heavy atom. The highest BCUT2D eigenvalue weighted by Crippen LogP contribution is 2.04. The Hall–Kier alpha value is -2.18. The lowest BCUT2D eigenvalue weighted by atomic mass is 10.2. The molecule has 142 valence electrons. The number of likely N-dealkylation sites (N-methyl/N-ethyl adjacent to an activating group) is 1. The van der Waals surface area contributed by atoms with Crippen LogP contribution in [0.3, 0.4) is 0 Å². The molecule has 0 saturated carbocycles. The molecule has 6 heteroatoms. The third-order valence-corrected chi connectivity index (χ3v) is 4.43. The van der Waals surface area contributed by atoms with Crippen molar-refractivity contribution in [3.05, 3.63) is 42.0 Å². The molecule has 1 saturated heterocycles. The van der Waals surface area contributed by atoms with Gasteiger partial charge in [-0.3, -0.25) is 19.4 Å². The standard InChI is InChI=1S/C20H30N4O2/c1-3-21-20(26)17(2)22-19(25)16-24-14-12-23(13-15-24)11-7-10-18-8-5-4-6-9-18/h4-10,17H,3,11-16H2,1-2H3,(H,21,26)(H,22,25)/b10-7+/t17-/m0/s1. The second-order valence-corrected chi connectivity index (χ2v) is 6.57. The molecule has 2 rings (SSSR count). The van der Waals surface area contributed by atoms with Crippen LogP contribution in [0.5, 0.6) is 0 Å². The Bertz CT molecular complexity index is 595. The minimum atomic E-state index is -0.494. The van der Waals surface area contributed by atoms with Gasteiger partial charge in [0.05, 0.1) is 6.54 Å². The van der Waals surface area contributed by atoms with Gasteiger partial charge in [0.2, 0.25) is 11.8 Å². The summed E-state index contributed by atoms with van der Waals surface area (Å²) >= 11 is 0. The zero-order valence-corrected chi connectivity index (χ0v) is 15.8. The summed E-state index contributed by atoms with van der Waals surface area (Å²) in [6.07, 6.45) is 4.33. The second kappa shape index (κ2) is 10.7. The molecule has 1 aliphatic heterocycles. The Morgan fingerprint density at radius 1 is 1.12 bits per heavy atom. The van der Waals surface area contributed by atoms with Crippen molar-refractivity contribution >= 4 is 17.9 Å². The number of nitrogens with zero attached hydrogens (tertiary/aromatic N) is 2. The van der Waals surface area contributed by atoms with Crippen LogP contribution in [-0.4, -0.2) is 73.5 Å². The maximum Gasteiger partial charge on any atom is 0.242 e. The van der Waals surface area contributed by atoms with Crippen molar-refractivity contribution in [1.82, 2.24) is 20.4 Å². The van der Waals surface area contributed by atoms with Crippen molar-refractivity contribution in [2.24, 2.45) is 0 Å². The number of benzene rings is 1. The molecule has 1 aromatic rings. The second-order valence-electron chi connectivity index (χ2n) is 6.57. The number of amides is 2. The van der Waals surface area contributed by atoms with Crippen LogP contribution in [-0.2, 0) is 9.59 Å². The monoisotopic (exact) mass is 358 g/mol. The molecule has 1 aromatic carbocycles. The first-order chi connectivity index (χ1) is 12.6. The van der Waals surface area contributed by atoms with E-state index in [9.17, 15) is 9.59 Å². The highest BCUT2D eigenvalue weighted by atomic mass is 16.2. The summed E-state index contributed by atoms with van der Waals surface area (Å²) in [7, 11) is 0. The van der Waals surface area contributed by atoms with Crippen molar-refractivity contribution in [3.8, 4) is 0 Å². The van der Waals surface area contributed by atoms with Crippen molar-refractivity contribution in [2.45, 2.75) is 19.9 Å². The van der Waals surface area contributed by atoms with Gasteiger partial charge in [0.1, 0.15) is 6.04 Å². The summed E-state index contributed by atoms with van der Waals surface area (Å²) in [5.74, 6) is -0.239. The number of carbonyl (C=O) groups is 2. The predicted molar refractivity (Wildman–Crippen MR) is 105 cm³/mol. The van der Waals surface area contributed by atoms with Crippen LogP contribution in [0.1, 0.15) is 19.4 Å². The van der Waals surface area contributed by atoms with Gasteiger partial charge in [-0.05, 0) is 19.4 Å². The minimum absolute atomic E-state index is 0.0961. The zero-order valence-electron chi connectivity index (χ0n) is 15.8.